The second kappa shape index (κ2) is 4.36. The number of fused-ring (bicyclic) bond motifs is 1. The summed E-state index contributed by atoms with van der Waals surface area (Å²) in [4.78, 5) is 29.9. The van der Waals surface area contributed by atoms with Crippen LogP contribution in [0.3, 0.4) is 0 Å². The van der Waals surface area contributed by atoms with Gasteiger partial charge < -0.3 is 4.98 Å². The van der Waals surface area contributed by atoms with Crippen LogP contribution in [0.4, 0.5) is 5.69 Å². The highest BCUT2D eigenvalue weighted by Gasteiger charge is 2.18. The summed E-state index contributed by atoms with van der Waals surface area (Å²) in [6.07, 6.45) is 7.50. The van der Waals surface area contributed by atoms with Crippen molar-refractivity contribution < 1.29 is 0 Å². The fourth-order valence-electron chi connectivity index (χ4n) is 1.78. The van der Waals surface area contributed by atoms with Gasteiger partial charge in [0.2, 0.25) is 6.19 Å². The minimum Gasteiger partial charge on any atom is -0.312 e. The quantitative estimate of drug-likeness (QED) is 0.487. The molecular formula is C11H7N7O2. The Morgan fingerprint density at radius 2 is 2.25 bits per heavy atom. The number of rotatable bonds is 2. The summed E-state index contributed by atoms with van der Waals surface area (Å²) in [6.45, 7) is 0. The van der Waals surface area contributed by atoms with Crippen molar-refractivity contribution in [3.63, 3.8) is 0 Å². The van der Waals surface area contributed by atoms with Gasteiger partial charge in [0, 0.05) is 24.7 Å². The van der Waals surface area contributed by atoms with Crippen LogP contribution in [0.1, 0.15) is 0 Å². The molecule has 98 valence electrons. The molecule has 0 aliphatic rings. The molecule has 0 aliphatic heterocycles. The van der Waals surface area contributed by atoms with Gasteiger partial charge in [0.15, 0.2) is 5.65 Å². The predicted octanol–water partition coefficient (Wildman–Crippen LogP) is -0.670. The van der Waals surface area contributed by atoms with E-state index in [1.807, 2.05) is 0 Å². The van der Waals surface area contributed by atoms with Crippen molar-refractivity contribution in [1.82, 2.24) is 24.3 Å². The minimum absolute atomic E-state index is 0.229. The molecule has 3 heterocycles. The number of aromatic amines is 1. The summed E-state index contributed by atoms with van der Waals surface area (Å²) in [6, 6.07) is 2.81. The van der Waals surface area contributed by atoms with Crippen molar-refractivity contribution in [2.24, 2.45) is 0 Å². The van der Waals surface area contributed by atoms with Crippen LogP contribution in [0.5, 0.6) is 0 Å². The number of nitrogens with zero attached hydrogens (tertiary/aromatic N) is 6. The number of nitrogens with one attached hydrogen (secondary N) is 1. The monoisotopic (exact) mass is 269 g/mol. The molecule has 0 fully saturated rings. The van der Waals surface area contributed by atoms with Crippen molar-refractivity contribution in [2.45, 2.75) is 0 Å². The molecule has 9 nitrogen and oxygen atoms in total. The molecule has 20 heavy (non-hydrogen) atoms. The van der Waals surface area contributed by atoms with E-state index in [1.54, 1.807) is 18.5 Å². The van der Waals surface area contributed by atoms with Gasteiger partial charge >= 0.3 is 5.69 Å². The fraction of sp³-hybridized carbons (Fsp3) is 0. The van der Waals surface area contributed by atoms with E-state index in [0.29, 0.717) is 10.3 Å². The topological polar surface area (TPSA) is 112 Å². The van der Waals surface area contributed by atoms with Crippen LogP contribution < -0.4 is 16.3 Å². The lowest BCUT2D eigenvalue weighted by molar-refractivity contribution is 0.716. The van der Waals surface area contributed by atoms with Gasteiger partial charge in [0.05, 0.1) is 6.20 Å². The molecule has 0 aromatic carbocycles. The maximum Gasteiger partial charge on any atom is 0.348 e. The Balaban J connectivity index is 2.29. The summed E-state index contributed by atoms with van der Waals surface area (Å²) in [7, 11) is 0. The average Bonchev–Trinajstić information content (AvgIpc) is 2.87. The molecule has 0 atom stereocenters. The molecule has 9 heteroatoms. The van der Waals surface area contributed by atoms with Crippen LogP contribution in [0.25, 0.3) is 5.65 Å². The van der Waals surface area contributed by atoms with E-state index in [9.17, 15) is 14.9 Å². The zero-order chi connectivity index (χ0) is 14.1. The molecule has 3 aromatic heterocycles. The summed E-state index contributed by atoms with van der Waals surface area (Å²) < 4.78 is 2.10. The molecule has 0 radical (unpaired) electrons. The zero-order valence-electron chi connectivity index (χ0n) is 9.96. The number of anilines is 1. The van der Waals surface area contributed by atoms with Crippen LogP contribution in [-0.2, 0) is 0 Å². The third-order valence-corrected chi connectivity index (χ3v) is 2.62. The van der Waals surface area contributed by atoms with E-state index < -0.39 is 11.2 Å². The molecule has 0 unspecified atom stereocenters. The van der Waals surface area contributed by atoms with E-state index >= 15 is 0 Å². The average molecular weight is 269 g/mol. The Hall–Kier alpha value is -3.41. The Morgan fingerprint density at radius 1 is 1.40 bits per heavy atom. The number of hydrogen-bond donors (Lipinski definition) is 1. The van der Waals surface area contributed by atoms with E-state index in [-0.39, 0.29) is 5.69 Å². The molecule has 3 rings (SSSR count). The van der Waals surface area contributed by atoms with Gasteiger partial charge in [-0.1, -0.05) is 0 Å². The van der Waals surface area contributed by atoms with Crippen molar-refractivity contribution in [1.29, 1.82) is 5.26 Å². The van der Waals surface area contributed by atoms with Crippen LogP contribution in [0.15, 0.2) is 46.5 Å². The minimum atomic E-state index is -0.727. The first-order chi connectivity index (χ1) is 9.72. The Kier molecular flexibility index (Phi) is 2.54. The van der Waals surface area contributed by atoms with Gasteiger partial charge in [-0.25, -0.2) is 14.3 Å². The van der Waals surface area contributed by atoms with Crippen LogP contribution >= 0.6 is 0 Å². The van der Waals surface area contributed by atoms with E-state index in [1.165, 1.54) is 23.1 Å². The van der Waals surface area contributed by atoms with Crippen LogP contribution in [0.2, 0.25) is 0 Å². The van der Waals surface area contributed by atoms with E-state index in [0.717, 1.165) is 11.1 Å². The van der Waals surface area contributed by atoms with Crippen LogP contribution in [-0.4, -0.2) is 24.3 Å². The van der Waals surface area contributed by atoms with Gasteiger partial charge in [0.25, 0.3) is 5.56 Å². The zero-order valence-corrected chi connectivity index (χ0v) is 9.96. The van der Waals surface area contributed by atoms with Crippen molar-refractivity contribution in [2.75, 3.05) is 5.01 Å². The molecular weight excluding hydrogens is 262 g/mol. The van der Waals surface area contributed by atoms with E-state index in [4.69, 9.17) is 0 Å². The van der Waals surface area contributed by atoms with Crippen LogP contribution in [0, 0.1) is 11.5 Å². The maximum atomic E-state index is 11.8. The second-order valence-electron chi connectivity index (χ2n) is 3.76. The van der Waals surface area contributed by atoms with Gasteiger partial charge in [-0.05, 0) is 6.07 Å². The Labute approximate surface area is 110 Å². The van der Waals surface area contributed by atoms with Gasteiger partial charge in [-0.2, -0.15) is 20.0 Å². The molecule has 3 aromatic rings. The highest BCUT2D eigenvalue weighted by Crippen LogP contribution is 2.17. The van der Waals surface area contributed by atoms with Gasteiger partial charge in [0.1, 0.15) is 5.69 Å². The van der Waals surface area contributed by atoms with E-state index in [2.05, 4.69) is 15.1 Å². The highest BCUT2D eigenvalue weighted by atomic mass is 16.2. The smallest absolute Gasteiger partial charge is 0.312 e. The number of aromatic nitrogens is 5. The number of H-pyrrole nitrogens is 1. The number of hydrogen-bond acceptors (Lipinski definition) is 6. The third-order valence-electron chi connectivity index (χ3n) is 2.62. The lowest BCUT2D eigenvalue weighted by atomic mass is 10.5. The maximum absolute atomic E-state index is 11.8. The Morgan fingerprint density at radius 3 is 3.00 bits per heavy atom. The molecule has 0 spiro atoms. The summed E-state index contributed by atoms with van der Waals surface area (Å²) in [5.41, 5.74) is -0.781. The van der Waals surface area contributed by atoms with Gasteiger partial charge in [-0.15, -0.1) is 0 Å². The number of nitriles is 1. The lowest BCUT2D eigenvalue weighted by Gasteiger charge is -2.13. The first-order valence-electron chi connectivity index (χ1n) is 5.51. The van der Waals surface area contributed by atoms with Gasteiger partial charge in [-0.3, -0.25) is 4.79 Å². The molecule has 0 saturated carbocycles. The third kappa shape index (κ3) is 1.64. The molecule has 0 saturated heterocycles. The summed E-state index contributed by atoms with van der Waals surface area (Å²) >= 11 is 0. The SMILES string of the molecule is N#CN(c1cnn2cccnc12)n1c(=O)cc[nH]c1=O. The summed E-state index contributed by atoms with van der Waals surface area (Å²) in [5.74, 6) is 0. The standard InChI is InChI=1S/C11H7N7O2/c12-7-17(18-9(19)2-4-14-11(18)20)8-6-15-16-5-1-3-13-10(8)16/h1-6H,(H,14,20). The Bertz CT molecular complexity index is 902. The summed E-state index contributed by atoms with van der Waals surface area (Å²) in [5, 5.41) is 14.1. The molecule has 0 aliphatic carbocycles. The lowest BCUT2D eigenvalue weighted by Crippen LogP contribution is -2.45. The van der Waals surface area contributed by atoms with Crippen molar-refractivity contribution in [3.8, 4) is 6.19 Å². The first-order valence-corrected chi connectivity index (χ1v) is 5.51. The molecule has 0 bridgehead atoms. The largest absolute Gasteiger partial charge is 0.348 e. The molecule has 0 amide bonds. The predicted molar refractivity (Wildman–Crippen MR) is 67.8 cm³/mol. The molecule has 1 N–H and O–H groups in total. The van der Waals surface area contributed by atoms with Crippen molar-refractivity contribution in [3.05, 3.63) is 57.8 Å². The second-order valence-corrected chi connectivity index (χ2v) is 3.76. The first kappa shape index (κ1) is 11.7. The fourth-order valence-corrected chi connectivity index (χ4v) is 1.78. The van der Waals surface area contributed by atoms with Crippen molar-refractivity contribution >= 4 is 11.3 Å². The normalized spacial score (nSPS) is 10.3. The highest BCUT2D eigenvalue weighted by molar-refractivity contribution is 5.69.